The Kier molecular flexibility index (Phi) is 3.90. The first-order valence-electron chi connectivity index (χ1n) is 9.18. The fraction of sp³-hybridized carbons (Fsp3) is 0.350. The first-order valence-corrected chi connectivity index (χ1v) is 9.18. The third-order valence-electron chi connectivity index (χ3n) is 5.54. The Hall–Kier alpha value is -2.73. The highest BCUT2D eigenvalue weighted by Gasteiger charge is 2.40. The summed E-state index contributed by atoms with van der Waals surface area (Å²) in [5, 5.41) is 8.80. The minimum atomic E-state index is 0.730. The van der Waals surface area contributed by atoms with Crippen molar-refractivity contribution < 1.29 is 0 Å². The van der Waals surface area contributed by atoms with Gasteiger partial charge in [-0.15, -0.1) is 10.2 Å². The van der Waals surface area contributed by atoms with E-state index < -0.39 is 0 Å². The number of benzene rings is 1. The Morgan fingerprint density at radius 1 is 0.846 bits per heavy atom. The predicted octanol–water partition coefficient (Wildman–Crippen LogP) is 2.23. The molecule has 0 unspecified atom stereocenters. The number of hydrogen-bond donors (Lipinski definition) is 0. The molecule has 0 amide bonds. The SMILES string of the molecule is c1ccc(CN2C[C@@H]3CN(c4ccc(-n5ccnc5)nn4)C[C@@H]3C2)cc1. The Labute approximate surface area is 153 Å². The zero-order valence-electron chi connectivity index (χ0n) is 14.6. The minimum absolute atomic E-state index is 0.730. The standard InChI is InChI=1S/C20H22N6/c1-2-4-16(5-3-1)10-24-11-17-13-26(14-18(17)12-24)20-7-6-19(22-23-20)25-9-8-21-15-25/h1-9,15,17-18H,10-14H2/t17-,18+. The Balaban J connectivity index is 1.21. The number of nitrogens with zero attached hydrogens (tertiary/aromatic N) is 6. The van der Waals surface area contributed by atoms with Crippen molar-refractivity contribution in [2.24, 2.45) is 11.8 Å². The van der Waals surface area contributed by atoms with Gasteiger partial charge in [0.1, 0.15) is 6.33 Å². The second kappa shape index (κ2) is 6.53. The van der Waals surface area contributed by atoms with Crippen LogP contribution in [0.25, 0.3) is 5.82 Å². The van der Waals surface area contributed by atoms with Crippen LogP contribution in [0.4, 0.5) is 5.82 Å². The number of aromatic nitrogens is 4. The van der Waals surface area contributed by atoms with Crippen LogP contribution in [-0.2, 0) is 6.54 Å². The summed E-state index contributed by atoms with van der Waals surface area (Å²) in [4.78, 5) is 9.04. The highest BCUT2D eigenvalue weighted by molar-refractivity contribution is 5.41. The summed E-state index contributed by atoms with van der Waals surface area (Å²) in [5.41, 5.74) is 1.41. The predicted molar refractivity (Wildman–Crippen MR) is 100 cm³/mol. The topological polar surface area (TPSA) is 50.1 Å². The zero-order chi connectivity index (χ0) is 17.3. The molecule has 4 heterocycles. The lowest BCUT2D eigenvalue weighted by atomic mass is 10.0. The van der Waals surface area contributed by atoms with Crippen LogP contribution in [0.2, 0.25) is 0 Å². The van der Waals surface area contributed by atoms with E-state index in [4.69, 9.17) is 0 Å². The normalized spacial score (nSPS) is 22.7. The van der Waals surface area contributed by atoms with Gasteiger partial charge < -0.3 is 4.90 Å². The van der Waals surface area contributed by atoms with E-state index in [9.17, 15) is 0 Å². The van der Waals surface area contributed by atoms with Crippen molar-refractivity contribution in [3.8, 4) is 5.82 Å². The van der Waals surface area contributed by atoms with Crippen LogP contribution in [0.1, 0.15) is 5.56 Å². The third kappa shape index (κ3) is 2.97. The summed E-state index contributed by atoms with van der Waals surface area (Å²) in [6.07, 6.45) is 5.37. The Bertz CT molecular complexity index is 832. The first-order chi connectivity index (χ1) is 12.8. The van der Waals surface area contributed by atoms with Gasteiger partial charge in [-0.2, -0.15) is 0 Å². The monoisotopic (exact) mass is 346 g/mol. The van der Waals surface area contributed by atoms with Crippen LogP contribution in [0.3, 0.4) is 0 Å². The van der Waals surface area contributed by atoms with Gasteiger partial charge in [-0.1, -0.05) is 30.3 Å². The molecule has 2 aromatic heterocycles. The van der Waals surface area contributed by atoms with Gasteiger partial charge in [-0.3, -0.25) is 9.47 Å². The summed E-state index contributed by atoms with van der Waals surface area (Å²) < 4.78 is 1.87. The summed E-state index contributed by atoms with van der Waals surface area (Å²) in [6.45, 7) is 5.57. The van der Waals surface area contributed by atoms with Crippen molar-refractivity contribution in [1.29, 1.82) is 0 Å². The van der Waals surface area contributed by atoms with E-state index in [0.29, 0.717) is 0 Å². The van der Waals surface area contributed by atoms with Crippen molar-refractivity contribution >= 4 is 5.82 Å². The minimum Gasteiger partial charge on any atom is -0.354 e. The lowest BCUT2D eigenvalue weighted by Crippen LogP contribution is -2.29. The average Bonchev–Trinajstić information content (AvgIpc) is 3.39. The van der Waals surface area contributed by atoms with Crippen molar-refractivity contribution in [2.45, 2.75) is 6.54 Å². The second-order valence-corrected chi connectivity index (χ2v) is 7.32. The van der Waals surface area contributed by atoms with Crippen LogP contribution in [0, 0.1) is 11.8 Å². The molecule has 2 aliphatic rings. The maximum absolute atomic E-state index is 4.44. The van der Waals surface area contributed by atoms with Gasteiger partial charge in [0, 0.05) is 45.1 Å². The number of likely N-dealkylation sites (tertiary alicyclic amines) is 1. The van der Waals surface area contributed by atoms with Crippen molar-refractivity contribution in [1.82, 2.24) is 24.6 Å². The number of hydrogen-bond acceptors (Lipinski definition) is 5. The summed E-state index contributed by atoms with van der Waals surface area (Å²) in [7, 11) is 0. The van der Waals surface area contributed by atoms with E-state index in [0.717, 1.165) is 43.1 Å². The van der Waals surface area contributed by atoms with Gasteiger partial charge in [-0.25, -0.2) is 4.98 Å². The fourth-order valence-electron chi connectivity index (χ4n) is 4.27. The Morgan fingerprint density at radius 3 is 2.23 bits per heavy atom. The molecule has 0 bridgehead atoms. The van der Waals surface area contributed by atoms with Crippen molar-refractivity contribution in [2.75, 3.05) is 31.1 Å². The second-order valence-electron chi connectivity index (χ2n) is 7.32. The zero-order valence-corrected chi connectivity index (χ0v) is 14.6. The third-order valence-corrected chi connectivity index (χ3v) is 5.54. The van der Waals surface area contributed by atoms with E-state index >= 15 is 0 Å². The van der Waals surface area contributed by atoms with Crippen LogP contribution >= 0.6 is 0 Å². The molecule has 0 N–H and O–H groups in total. The Morgan fingerprint density at radius 2 is 1.58 bits per heavy atom. The summed E-state index contributed by atoms with van der Waals surface area (Å²) >= 11 is 0. The molecule has 5 rings (SSSR count). The van der Waals surface area contributed by atoms with E-state index in [1.807, 2.05) is 16.8 Å². The summed E-state index contributed by atoms with van der Waals surface area (Å²) in [5.74, 6) is 3.25. The smallest absolute Gasteiger partial charge is 0.160 e. The number of fused-ring (bicyclic) bond motifs is 1. The van der Waals surface area contributed by atoms with E-state index in [2.05, 4.69) is 61.4 Å². The van der Waals surface area contributed by atoms with Gasteiger partial charge in [0.05, 0.1) is 0 Å². The first kappa shape index (κ1) is 15.5. The van der Waals surface area contributed by atoms with Gasteiger partial charge in [0.2, 0.25) is 0 Å². The molecule has 132 valence electrons. The lowest BCUT2D eigenvalue weighted by molar-refractivity contribution is 0.309. The molecule has 6 nitrogen and oxygen atoms in total. The highest BCUT2D eigenvalue weighted by atomic mass is 15.3. The van der Waals surface area contributed by atoms with Crippen molar-refractivity contribution in [3.05, 3.63) is 66.7 Å². The average molecular weight is 346 g/mol. The van der Waals surface area contributed by atoms with Crippen LogP contribution in [0.15, 0.2) is 61.2 Å². The number of anilines is 1. The fourth-order valence-corrected chi connectivity index (χ4v) is 4.27. The molecule has 26 heavy (non-hydrogen) atoms. The molecule has 2 aliphatic heterocycles. The molecule has 0 radical (unpaired) electrons. The van der Waals surface area contributed by atoms with E-state index in [1.54, 1.807) is 12.5 Å². The molecule has 1 aromatic carbocycles. The van der Waals surface area contributed by atoms with Gasteiger partial charge in [0.15, 0.2) is 11.6 Å². The largest absolute Gasteiger partial charge is 0.354 e. The summed E-state index contributed by atoms with van der Waals surface area (Å²) in [6, 6.07) is 14.9. The number of imidazole rings is 1. The molecular weight excluding hydrogens is 324 g/mol. The molecular formula is C20H22N6. The molecule has 2 atom stereocenters. The van der Waals surface area contributed by atoms with Crippen LogP contribution < -0.4 is 4.90 Å². The molecule has 6 heteroatoms. The van der Waals surface area contributed by atoms with E-state index in [-0.39, 0.29) is 0 Å². The molecule has 2 saturated heterocycles. The highest BCUT2D eigenvalue weighted by Crippen LogP contribution is 2.33. The molecule has 3 aromatic rings. The van der Waals surface area contributed by atoms with Crippen LogP contribution in [0.5, 0.6) is 0 Å². The van der Waals surface area contributed by atoms with Crippen molar-refractivity contribution in [3.63, 3.8) is 0 Å². The lowest BCUT2D eigenvalue weighted by Gasteiger charge is -2.22. The molecule has 0 saturated carbocycles. The van der Waals surface area contributed by atoms with E-state index in [1.165, 1.54) is 18.7 Å². The quantitative estimate of drug-likeness (QED) is 0.725. The van der Waals surface area contributed by atoms with Gasteiger partial charge >= 0.3 is 0 Å². The maximum Gasteiger partial charge on any atom is 0.160 e. The van der Waals surface area contributed by atoms with Gasteiger partial charge in [-0.05, 0) is 29.5 Å². The maximum atomic E-state index is 4.44. The number of rotatable bonds is 4. The van der Waals surface area contributed by atoms with Gasteiger partial charge in [0.25, 0.3) is 0 Å². The molecule has 0 aliphatic carbocycles. The molecule has 2 fully saturated rings. The molecule has 0 spiro atoms. The van der Waals surface area contributed by atoms with Crippen LogP contribution in [-0.4, -0.2) is 50.8 Å².